The topological polar surface area (TPSA) is 73.6 Å². The van der Waals surface area contributed by atoms with E-state index in [-0.39, 0.29) is 0 Å². The first-order valence-corrected chi connectivity index (χ1v) is 6.32. The van der Waals surface area contributed by atoms with E-state index >= 15 is 0 Å². The molecule has 20 heavy (non-hydrogen) atoms. The molecule has 0 aliphatic rings. The zero-order chi connectivity index (χ0) is 15.3. The molecule has 0 atom stereocenters. The number of hydrogen-bond acceptors (Lipinski definition) is 4. The van der Waals surface area contributed by atoms with E-state index < -0.39 is 11.7 Å². The van der Waals surface area contributed by atoms with Crippen LogP contribution in [-0.4, -0.2) is 18.8 Å². The number of nitrogen functional groups attached to an aromatic ring is 1. The smallest absolute Gasteiger partial charge is 0.407 e. The Morgan fingerprint density at radius 3 is 2.60 bits per heavy atom. The number of carbonyl (C=O) groups excluding carboxylic acids is 1. The van der Waals surface area contributed by atoms with Crippen molar-refractivity contribution in [2.45, 2.75) is 32.9 Å². The average molecular weight is 278 g/mol. The van der Waals surface area contributed by atoms with Gasteiger partial charge < -0.3 is 20.5 Å². The molecule has 0 saturated carbocycles. The van der Waals surface area contributed by atoms with Crippen molar-refractivity contribution in [2.75, 3.05) is 12.8 Å². The second-order valence-electron chi connectivity index (χ2n) is 5.35. The highest BCUT2D eigenvalue weighted by Crippen LogP contribution is 2.26. The van der Waals surface area contributed by atoms with Gasteiger partial charge in [-0.15, -0.1) is 0 Å². The van der Waals surface area contributed by atoms with Crippen LogP contribution in [0.3, 0.4) is 0 Å². The standard InChI is InChI=1S/C15H22N2O3/c1-6-10-7-11(13(19-5)8-12(10)16)9-17-14(18)20-15(2,3)4/h6-8H,1,9,16H2,2-5H3,(H,17,18). The van der Waals surface area contributed by atoms with E-state index in [1.807, 2.05) is 26.8 Å². The van der Waals surface area contributed by atoms with Crippen molar-refractivity contribution < 1.29 is 14.3 Å². The summed E-state index contributed by atoms with van der Waals surface area (Å²) in [5, 5.41) is 2.68. The molecule has 0 aliphatic carbocycles. The molecule has 1 amide bonds. The number of amides is 1. The van der Waals surface area contributed by atoms with Crippen molar-refractivity contribution in [1.82, 2.24) is 5.32 Å². The summed E-state index contributed by atoms with van der Waals surface area (Å²) >= 11 is 0. The predicted octanol–water partition coefficient (Wildman–Crippen LogP) is 2.95. The van der Waals surface area contributed by atoms with Gasteiger partial charge in [0.1, 0.15) is 11.4 Å². The molecule has 0 heterocycles. The molecule has 0 radical (unpaired) electrons. The number of ether oxygens (including phenoxy) is 2. The first kappa shape index (κ1) is 15.9. The zero-order valence-corrected chi connectivity index (χ0v) is 12.4. The SMILES string of the molecule is C=Cc1cc(CNC(=O)OC(C)(C)C)c(OC)cc1N. The fourth-order valence-electron chi connectivity index (χ4n) is 1.65. The molecular weight excluding hydrogens is 256 g/mol. The Morgan fingerprint density at radius 2 is 2.10 bits per heavy atom. The fourth-order valence-corrected chi connectivity index (χ4v) is 1.65. The molecule has 0 fully saturated rings. The van der Waals surface area contributed by atoms with E-state index in [0.717, 1.165) is 11.1 Å². The highest BCUT2D eigenvalue weighted by Gasteiger charge is 2.16. The van der Waals surface area contributed by atoms with Crippen LogP contribution < -0.4 is 15.8 Å². The largest absolute Gasteiger partial charge is 0.496 e. The van der Waals surface area contributed by atoms with E-state index in [4.69, 9.17) is 15.2 Å². The quantitative estimate of drug-likeness (QED) is 0.830. The van der Waals surface area contributed by atoms with Gasteiger partial charge in [0.05, 0.1) is 7.11 Å². The van der Waals surface area contributed by atoms with Gasteiger partial charge in [0.25, 0.3) is 0 Å². The van der Waals surface area contributed by atoms with E-state index in [9.17, 15) is 4.79 Å². The lowest BCUT2D eigenvalue weighted by Crippen LogP contribution is -2.32. The Morgan fingerprint density at radius 1 is 1.45 bits per heavy atom. The summed E-state index contributed by atoms with van der Waals surface area (Å²) in [6.07, 6.45) is 1.18. The summed E-state index contributed by atoms with van der Waals surface area (Å²) in [7, 11) is 1.55. The Balaban J connectivity index is 2.81. The first-order chi connectivity index (χ1) is 9.26. The summed E-state index contributed by atoms with van der Waals surface area (Å²) in [5.41, 5.74) is 7.51. The molecule has 0 unspecified atom stereocenters. The third-order valence-corrected chi connectivity index (χ3v) is 2.53. The lowest BCUT2D eigenvalue weighted by Gasteiger charge is -2.20. The Kier molecular flexibility index (Phi) is 5.02. The maximum absolute atomic E-state index is 11.6. The summed E-state index contributed by atoms with van der Waals surface area (Å²) in [6.45, 7) is 9.43. The number of rotatable bonds is 4. The minimum atomic E-state index is -0.526. The monoisotopic (exact) mass is 278 g/mol. The number of methoxy groups -OCH3 is 1. The van der Waals surface area contributed by atoms with E-state index in [2.05, 4.69) is 11.9 Å². The lowest BCUT2D eigenvalue weighted by molar-refractivity contribution is 0.0523. The van der Waals surface area contributed by atoms with Gasteiger partial charge in [-0.3, -0.25) is 0 Å². The summed E-state index contributed by atoms with van der Waals surface area (Å²) in [4.78, 5) is 11.6. The van der Waals surface area contributed by atoms with Gasteiger partial charge in [0.2, 0.25) is 0 Å². The Bertz CT molecular complexity index is 505. The van der Waals surface area contributed by atoms with Gasteiger partial charge in [0, 0.05) is 23.9 Å². The average Bonchev–Trinajstić information content (AvgIpc) is 2.34. The maximum Gasteiger partial charge on any atom is 0.407 e. The number of hydrogen-bond donors (Lipinski definition) is 2. The van der Waals surface area contributed by atoms with Gasteiger partial charge in [-0.05, 0) is 32.4 Å². The molecule has 3 N–H and O–H groups in total. The zero-order valence-electron chi connectivity index (χ0n) is 12.4. The number of alkyl carbamates (subject to hydrolysis) is 1. The van der Waals surface area contributed by atoms with Crippen molar-refractivity contribution in [3.63, 3.8) is 0 Å². The van der Waals surface area contributed by atoms with Crippen LogP contribution in [0.1, 0.15) is 31.9 Å². The highest BCUT2D eigenvalue weighted by atomic mass is 16.6. The van der Waals surface area contributed by atoms with Gasteiger partial charge in [-0.25, -0.2) is 4.79 Å². The van der Waals surface area contributed by atoms with Gasteiger partial charge in [-0.2, -0.15) is 0 Å². The normalized spacial score (nSPS) is 10.8. The van der Waals surface area contributed by atoms with Crippen molar-refractivity contribution in [1.29, 1.82) is 0 Å². The molecule has 1 rings (SSSR count). The van der Waals surface area contributed by atoms with E-state index in [1.54, 1.807) is 19.3 Å². The predicted molar refractivity (Wildman–Crippen MR) is 80.6 cm³/mol. The first-order valence-electron chi connectivity index (χ1n) is 6.32. The van der Waals surface area contributed by atoms with Gasteiger partial charge >= 0.3 is 6.09 Å². The van der Waals surface area contributed by atoms with Crippen LogP contribution in [0.2, 0.25) is 0 Å². The molecule has 0 bridgehead atoms. The second kappa shape index (κ2) is 6.32. The van der Waals surface area contributed by atoms with Crippen molar-refractivity contribution >= 4 is 17.9 Å². The number of nitrogens with two attached hydrogens (primary N) is 1. The minimum absolute atomic E-state index is 0.291. The molecular formula is C15H22N2O3. The molecule has 0 aromatic heterocycles. The third-order valence-electron chi connectivity index (χ3n) is 2.53. The molecule has 0 aliphatic heterocycles. The van der Waals surface area contributed by atoms with Crippen LogP contribution in [0, 0.1) is 0 Å². The minimum Gasteiger partial charge on any atom is -0.496 e. The van der Waals surface area contributed by atoms with Crippen LogP contribution in [0.15, 0.2) is 18.7 Å². The summed E-state index contributed by atoms with van der Waals surface area (Å²) < 4.78 is 10.4. The van der Waals surface area contributed by atoms with Gasteiger partial charge in [-0.1, -0.05) is 12.7 Å². The maximum atomic E-state index is 11.6. The molecule has 0 saturated heterocycles. The third kappa shape index (κ3) is 4.50. The van der Waals surface area contributed by atoms with Crippen molar-refractivity contribution in [3.05, 3.63) is 29.8 Å². The van der Waals surface area contributed by atoms with E-state index in [0.29, 0.717) is 18.0 Å². The molecule has 1 aromatic rings. The number of anilines is 1. The lowest BCUT2D eigenvalue weighted by atomic mass is 10.1. The molecule has 5 heteroatoms. The van der Waals surface area contributed by atoms with Gasteiger partial charge in [0.15, 0.2) is 0 Å². The molecule has 110 valence electrons. The molecule has 1 aromatic carbocycles. The van der Waals surface area contributed by atoms with Crippen molar-refractivity contribution in [2.24, 2.45) is 0 Å². The highest BCUT2D eigenvalue weighted by molar-refractivity contribution is 5.69. The summed E-state index contributed by atoms with van der Waals surface area (Å²) in [5.74, 6) is 0.615. The Labute approximate surface area is 119 Å². The van der Waals surface area contributed by atoms with Crippen LogP contribution in [0.5, 0.6) is 5.75 Å². The summed E-state index contributed by atoms with van der Waals surface area (Å²) in [6, 6.07) is 3.54. The van der Waals surface area contributed by atoms with Crippen LogP contribution in [-0.2, 0) is 11.3 Å². The van der Waals surface area contributed by atoms with E-state index in [1.165, 1.54) is 0 Å². The molecule has 0 spiro atoms. The van der Waals surface area contributed by atoms with Crippen LogP contribution in [0.25, 0.3) is 6.08 Å². The van der Waals surface area contributed by atoms with Crippen molar-refractivity contribution in [3.8, 4) is 5.75 Å². The number of nitrogens with one attached hydrogen (secondary N) is 1. The second-order valence-corrected chi connectivity index (χ2v) is 5.35. The number of benzene rings is 1. The molecule has 5 nitrogen and oxygen atoms in total. The number of carbonyl (C=O) groups is 1. The fraction of sp³-hybridized carbons (Fsp3) is 0.400. The van der Waals surface area contributed by atoms with Crippen LogP contribution in [0.4, 0.5) is 10.5 Å². The van der Waals surface area contributed by atoms with Crippen LogP contribution >= 0.6 is 0 Å². The Hall–Kier alpha value is -2.17.